The van der Waals surface area contributed by atoms with E-state index in [2.05, 4.69) is 22.7 Å². The Balaban J connectivity index is 1.44. The second kappa shape index (κ2) is 7.63. The number of nitrogens with one attached hydrogen (secondary N) is 2. The van der Waals surface area contributed by atoms with Gasteiger partial charge in [-0.2, -0.15) is 5.10 Å². The van der Waals surface area contributed by atoms with Crippen LogP contribution in [0.2, 0.25) is 0 Å². The number of hydrogen-bond acceptors (Lipinski definition) is 5. The predicted octanol–water partition coefficient (Wildman–Crippen LogP) is 2.45. The van der Waals surface area contributed by atoms with E-state index in [9.17, 15) is 14.7 Å². The molecule has 2 saturated carbocycles. The first kappa shape index (κ1) is 20.5. The minimum atomic E-state index is -1.18. The van der Waals surface area contributed by atoms with Crippen molar-refractivity contribution in [3.05, 3.63) is 53.9 Å². The van der Waals surface area contributed by atoms with E-state index >= 15 is 0 Å². The summed E-state index contributed by atoms with van der Waals surface area (Å²) in [4.78, 5) is 24.1. The van der Waals surface area contributed by atoms with Gasteiger partial charge in [0.05, 0.1) is 23.0 Å². The molecule has 1 atom stereocenters. The molecule has 3 aromatic rings. The van der Waals surface area contributed by atoms with Crippen LogP contribution in [0.25, 0.3) is 16.6 Å². The van der Waals surface area contributed by atoms with Crippen LogP contribution in [0.3, 0.4) is 0 Å². The van der Waals surface area contributed by atoms with Crippen LogP contribution in [0.5, 0.6) is 0 Å². The lowest BCUT2D eigenvalue weighted by Gasteiger charge is -2.17. The third-order valence-electron chi connectivity index (χ3n) is 6.46. The Kier molecular flexibility index (Phi) is 4.89. The molecule has 5 rings (SSSR count). The standard InChI is InChI=1S/C24H27N5O3/c1-14(16-5-6-16)28-21-19(22(25)30)12-27-29-13-18(10-20(21)29)17-4-2-3-15(9-17)11-26-23(31)24(32)7-8-24/h2-4,9-10,12-14,16,28,32H,5-8,11H2,1H3,(H2,25,30)(H,26,31). The Morgan fingerprint density at radius 2 is 2.06 bits per heavy atom. The van der Waals surface area contributed by atoms with Gasteiger partial charge in [-0.1, -0.05) is 18.2 Å². The molecule has 2 aliphatic rings. The highest BCUT2D eigenvalue weighted by Crippen LogP contribution is 2.36. The maximum Gasteiger partial charge on any atom is 0.252 e. The van der Waals surface area contributed by atoms with E-state index in [0.717, 1.165) is 22.2 Å². The van der Waals surface area contributed by atoms with Crippen LogP contribution in [0.4, 0.5) is 5.69 Å². The lowest BCUT2D eigenvalue weighted by atomic mass is 10.1. The van der Waals surface area contributed by atoms with Gasteiger partial charge in [0.15, 0.2) is 0 Å². The highest BCUT2D eigenvalue weighted by Gasteiger charge is 2.47. The second-order valence-corrected chi connectivity index (χ2v) is 9.04. The smallest absolute Gasteiger partial charge is 0.252 e. The molecule has 2 amide bonds. The Bertz CT molecular complexity index is 1210. The first-order valence-corrected chi connectivity index (χ1v) is 11.0. The van der Waals surface area contributed by atoms with E-state index in [0.29, 0.717) is 36.6 Å². The Labute approximate surface area is 185 Å². The third-order valence-corrected chi connectivity index (χ3v) is 6.46. The van der Waals surface area contributed by atoms with Crippen LogP contribution < -0.4 is 16.4 Å². The Morgan fingerprint density at radius 1 is 1.28 bits per heavy atom. The number of aliphatic hydroxyl groups is 1. The molecule has 0 saturated heterocycles. The normalized spacial score (nSPS) is 17.7. The molecule has 8 nitrogen and oxygen atoms in total. The van der Waals surface area contributed by atoms with Gasteiger partial charge in [-0.3, -0.25) is 9.59 Å². The number of rotatable bonds is 8. The molecule has 5 N–H and O–H groups in total. The van der Waals surface area contributed by atoms with Crippen molar-refractivity contribution >= 4 is 23.0 Å². The predicted molar refractivity (Wildman–Crippen MR) is 121 cm³/mol. The van der Waals surface area contributed by atoms with Crippen LogP contribution in [0.15, 0.2) is 42.7 Å². The number of hydrogen-bond donors (Lipinski definition) is 4. The van der Waals surface area contributed by atoms with Crippen molar-refractivity contribution in [2.45, 2.75) is 50.8 Å². The minimum absolute atomic E-state index is 0.242. The Morgan fingerprint density at radius 3 is 2.75 bits per heavy atom. The van der Waals surface area contributed by atoms with Crippen LogP contribution >= 0.6 is 0 Å². The molecule has 0 bridgehead atoms. The maximum atomic E-state index is 12.0. The number of fused-ring (bicyclic) bond motifs is 1. The summed E-state index contributed by atoms with van der Waals surface area (Å²) < 4.78 is 1.75. The molecule has 1 aromatic carbocycles. The van der Waals surface area contributed by atoms with Crippen molar-refractivity contribution < 1.29 is 14.7 Å². The van der Waals surface area contributed by atoms with E-state index in [4.69, 9.17) is 5.73 Å². The molecular weight excluding hydrogens is 406 g/mol. The Hall–Kier alpha value is -3.39. The number of aromatic nitrogens is 2. The van der Waals surface area contributed by atoms with Crippen LogP contribution in [-0.4, -0.2) is 38.2 Å². The summed E-state index contributed by atoms with van der Waals surface area (Å²) in [5, 5.41) is 20.6. The molecule has 166 valence electrons. The molecule has 0 radical (unpaired) electrons. The highest BCUT2D eigenvalue weighted by molar-refractivity contribution is 6.02. The zero-order valence-electron chi connectivity index (χ0n) is 18.0. The summed E-state index contributed by atoms with van der Waals surface area (Å²) in [5.74, 6) is -0.219. The van der Waals surface area contributed by atoms with Crippen molar-refractivity contribution in [2.75, 3.05) is 5.32 Å². The molecule has 1 unspecified atom stereocenters. The van der Waals surface area contributed by atoms with Crippen molar-refractivity contribution in [1.29, 1.82) is 0 Å². The van der Waals surface area contributed by atoms with E-state index < -0.39 is 11.5 Å². The summed E-state index contributed by atoms with van der Waals surface area (Å²) in [6.07, 6.45) is 6.84. The van der Waals surface area contributed by atoms with E-state index in [1.165, 1.54) is 19.0 Å². The van der Waals surface area contributed by atoms with E-state index in [1.807, 2.05) is 36.5 Å². The monoisotopic (exact) mass is 433 g/mol. The minimum Gasteiger partial charge on any atom is -0.380 e. The summed E-state index contributed by atoms with van der Waals surface area (Å²) in [6, 6.07) is 10.1. The van der Waals surface area contributed by atoms with Crippen molar-refractivity contribution in [3.63, 3.8) is 0 Å². The number of carbonyl (C=O) groups is 2. The maximum absolute atomic E-state index is 12.0. The van der Waals surface area contributed by atoms with Crippen LogP contribution in [0, 0.1) is 5.92 Å². The van der Waals surface area contributed by atoms with Gasteiger partial charge in [0, 0.05) is 24.3 Å². The lowest BCUT2D eigenvalue weighted by Crippen LogP contribution is -2.35. The fourth-order valence-electron chi connectivity index (χ4n) is 4.05. The molecular formula is C24H27N5O3. The first-order valence-electron chi connectivity index (χ1n) is 11.0. The van der Waals surface area contributed by atoms with E-state index in [-0.39, 0.29) is 11.9 Å². The average Bonchev–Trinajstić information content (AvgIpc) is 3.70. The van der Waals surface area contributed by atoms with Gasteiger partial charge in [0.25, 0.3) is 11.8 Å². The van der Waals surface area contributed by atoms with Crippen LogP contribution in [-0.2, 0) is 11.3 Å². The zero-order valence-corrected chi connectivity index (χ0v) is 18.0. The topological polar surface area (TPSA) is 122 Å². The molecule has 8 heteroatoms. The zero-order chi connectivity index (χ0) is 22.5. The van der Waals surface area contributed by atoms with Crippen molar-refractivity contribution in [1.82, 2.24) is 14.9 Å². The number of nitrogens with two attached hydrogens (primary N) is 1. The number of nitrogens with zero attached hydrogens (tertiary/aromatic N) is 2. The van der Waals surface area contributed by atoms with Crippen molar-refractivity contribution in [3.8, 4) is 11.1 Å². The van der Waals surface area contributed by atoms with Gasteiger partial charge in [-0.15, -0.1) is 0 Å². The number of benzene rings is 1. The summed E-state index contributed by atoms with van der Waals surface area (Å²) >= 11 is 0. The van der Waals surface area contributed by atoms with E-state index in [1.54, 1.807) is 4.52 Å². The molecule has 2 heterocycles. The molecule has 0 aliphatic heterocycles. The fourth-order valence-corrected chi connectivity index (χ4v) is 4.05. The quantitative estimate of drug-likeness (QED) is 0.435. The fraction of sp³-hybridized carbons (Fsp3) is 0.375. The average molecular weight is 434 g/mol. The van der Waals surface area contributed by atoms with Crippen LogP contribution in [0.1, 0.15) is 48.5 Å². The van der Waals surface area contributed by atoms with Gasteiger partial charge >= 0.3 is 0 Å². The van der Waals surface area contributed by atoms with Gasteiger partial charge < -0.3 is 21.5 Å². The molecule has 2 fully saturated rings. The van der Waals surface area contributed by atoms with Gasteiger partial charge in [-0.05, 0) is 61.8 Å². The first-order chi connectivity index (χ1) is 15.3. The highest BCUT2D eigenvalue weighted by atomic mass is 16.3. The lowest BCUT2D eigenvalue weighted by molar-refractivity contribution is -0.131. The SMILES string of the molecule is CC(Nc1c(C(N)=O)cnn2cc(-c3cccc(CNC(=O)C4(O)CC4)c3)cc12)C1CC1. The number of primary amides is 1. The third kappa shape index (κ3) is 3.93. The summed E-state index contributed by atoms with van der Waals surface area (Å²) in [6.45, 7) is 2.47. The van der Waals surface area contributed by atoms with Gasteiger partial charge in [-0.25, -0.2) is 4.52 Å². The molecule has 2 aliphatic carbocycles. The largest absolute Gasteiger partial charge is 0.380 e. The second-order valence-electron chi connectivity index (χ2n) is 9.04. The molecule has 0 spiro atoms. The number of anilines is 1. The molecule has 2 aromatic heterocycles. The number of carbonyl (C=O) groups excluding carboxylic acids is 2. The van der Waals surface area contributed by atoms with Crippen molar-refractivity contribution in [2.24, 2.45) is 11.7 Å². The molecule has 32 heavy (non-hydrogen) atoms. The van der Waals surface area contributed by atoms with Gasteiger partial charge in [0.2, 0.25) is 0 Å². The summed E-state index contributed by atoms with van der Waals surface area (Å²) in [7, 11) is 0. The number of amides is 2. The van der Waals surface area contributed by atoms with Gasteiger partial charge in [0.1, 0.15) is 5.60 Å². The summed E-state index contributed by atoms with van der Waals surface area (Å²) in [5.41, 5.74) is 9.16.